The van der Waals surface area contributed by atoms with E-state index in [1.54, 1.807) is 6.92 Å². The maximum Gasteiger partial charge on any atom is 0.347 e. The van der Waals surface area contributed by atoms with E-state index in [1.807, 2.05) is 0 Å². The third-order valence-corrected chi connectivity index (χ3v) is 1.40. The zero-order valence-corrected chi connectivity index (χ0v) is 8.36. The van der Waals surface area contributed by atoms with Crippen LogP contribution in [-0.2, 0) is 19.1 Å². The van der Waals surface area contributed by atoms with Gasteiger partial charge in [0.05, 0.1) is 7.98 Å². The Hall–Kier alpha value is -1.10. The minimum Gasteiger partial charge on any atom is -0.463 e. The number of hydrogen-bond acceptors (Lipinski definition) is 5. The van der Waals surface area contributed by atoms with Crippen LogP contribution >= 0.6 is 0 Å². The molecule has 0 aromatic carbocycles. The molecule has 0 amide bonds. The topological polar surface area (TPSA) is 72.8 Å². The van der Waals surface area contributed by atoms with Gasteiger partial charge in [-0.3, -0.25) is 4.79 Å². The number of esters is 2. The molecule has 0 aliphatic rings. The maximum absolute atomic E-state index is 11.0. The van der Waals surface area contributed by atoms with Crippen LogP contribution in [0, 0.1) is 0 Å². The molecule has 0 aromatic rings. The van der Waals surface area contributed by atoms with Crippen molar-refractivity contribution >= 4 is 11.9 Å². The summed E-state index contributed by atoms with van der Waals surface area (Å²) >= 11 is 0. The van der Waals surface area contributed by atoms with Crippen LogP contribution in [0.2, 0.25) is 0 Å². The van der Waals surface area contributed by atoms with Crippen molar-refractivity contribution in [2.75, 3.05) is 13.2 Å². The summed E-state index contributed by atoms with van der Waals surface area (Å²) in [5, 5.41) is 8.60. The summed E-state index contributed by atoms with van der Waals surface area (Å²) in [5.74, 6) is -1.22. The highest BCUT2D eigenvalue weighted by molar-refractivity contribution is 5.78. The lowest BCUT2D eigenvalue weighted by atomic mass is 10.3. The zero-order chi connectivity index (χ0) is 11.8. The van der Waals surface area contributed by atoms with Crippen LogP contribution in [0.4, 0.5) is 0 Å². The van der Waals surface area contributed by atoms with Gasteiger partial charge in [0, 0.05) is 13.0 Å². The molecule has 14 heavy (non-hydrogen) atoms. The Labute approximate surface area is 84.4 Å². The molecule has 0 aliphatic heterocycles. The van der Waals surface area contributed by atoms with E-state index in [0.717, 1.165) is 0 Å². The van der Waals surface area contributed by atoms with Gasteiger partial charge in [-0.2, -0.15) is 0 Å². The van der Waals surface area contributed by atoms with Crippen LogP contribution in [0.25, 0.3) is 0 Å². The lowest BCUT2D eigenvalue weighted by molar-refractivity contribution is -0.166. The summed E-state index contributed by atoms with van der Waals surface area (Å²) in [7, 11) is 0. The highest BCUT2D eigenvalue weighted by atomic mass is 16.6. The van der Waals surface area contributed by atoms with Gasteiger partial charge in [-0.05, 0) is 20.3 Å². The van der Waals surface area contributed by atoms with Gasteiger partial charge in [0.2, 0.25) is 0 Å². The molecule has 82 valence electrons. The van der Waals surface area contributed by atoms with Crippen molar-refractivity contribution in [3.8, 4) is 0 Å². The Morgan fingerprint density at radius 2 is 2.21 bits per heavy atom. The monoisotopic (exact) mass is 205 g/mol. The van der Waals surface area contributed by atoms with Crippen LogP contribution in [0.5, 0.6) is 0 Å². The van der Waals surface area contributed by atoms with Gasteiger partial charge in [-0.1, -0.05) is 0 Å². The lowest BCUT2D eigenvalue weighted by Gasteiger charge is -2.11. The highest BCUT2D eigenvalue weighted by Crippen LogP contribution is 1.99. The van der Waals surface area contributed by atoms with Crippen molar-refractivity contribution in [2.45, 2.75) is 32.8 Å². The normalized spacial score (nSPS) is 15.2. The van der Waals surface area contributed by atoms with Gasteiger partial charge in [0.1, 0.15) is 0 Å². The smallest absolute Gasteiger partial charge is 0.347 e. The molecule has 5 heteroatoms. The zero-order valence-electron chi connectivity index (χ0n) is 9.36. The standard InChI is InChI=1S/C9H16O5/c1-3-13-9(12)7(2)14-8(11)5-4-6-10/h7,10H,3-6H2,1-2H3/t7-/m0/s1/i6D/t6?,7-. The SMILES string of the molecule is [2H]C(O)CCC(=O)O[C@@H](C)C(=O)OCC. The fourth-order valence-corrected chi connectivity index (χ4v) is 0.746. The second-order valence-electron chi connectivity index (χ2n) is 2.61. The summed E-state index contributed by atoms with van der Waals surface area (Å²) in [4.78, 5) is 22.1. The minimum atomic E-state index is -1.30. The van der Waals surface area contributed by atoms with Gasteiger partial charge in [0.15, 0.2) is 6.10 Å². The van der Waals surface area contributed by atoms with Crippen LogP contribution in [0.1, 0.15) is 28.1 Å². The summed E-state index contributed by atoms with van der Waals surface area (Å²) in [6.07, 6.45) is -1.04. The summed E-state index contributed by atoms with van der Waals surface area (Å²) < 4.78 is 16.1. The Morgan fingerprint density at radius 3 is 2.71 bits per heavy atom. The molecule has 0 fully saturated rings. The first-order valence-electron chi connectivity index (χ1n) is 5.01. The van der Waals surface area contributed by atoms with Crippen molar-refractivity contribution < 1.29 is 25.5 Å². The molecule has 0 heterocycles. The molecule has 0 bridgehead atoms. The number of aliphatic hydroxyl groups is 1. The van der Waals surface area contributed by atoms with Gasteiger partial charge in [0.25, 0.3) is 0 Å². The number of carbonyl (C=O) groups excluding carboxylic acids is 2. The van der Waals surface area contributed by atoms with Gasteiger partial charge in [-0.15, -0.1) is 0 Å². The molecule has 1 N–H and O–H groups in total. The Morgan fingerprint density at radius 1 is 1.57 bits per heavy atom. The summed E-state index contributed by atoms with van der Waals surface area (Å²) in [6, 6.07) is 0. The largest absolute Gasteiger partial charge is 0.463 e. The van der Waals surface area contributed by atoms with Crippen LogP contribution in [-0.4, -0.2) is 36.3 Å². The first kappa shape index (κ1) is 11.0. The third kappa shape index (κ3) is 5.53. The molecule has 0 saturated heterocycles. The fourth-order valence-electron chi connectivity index (χ4n) is 0.746. The number of carbonyl (C=O) groups is 2. The predicted molar refractivity (Wildman–Crippen MR) is 48.5 cm³/mol. The van der Waals surface area contributed by atoms with Crippen molar-refractivity contribution in [1.82, 2.24) is 0 Å². The van der Waals surface area contributed by atoms with E-state index >= 15 is 0 Å². The number of rotatable bonds is 6. The molecule has 5 nitrogen and oxygen atoms in total. The average molecular weight is 205 g/mol. The lowest BCUT2D eigenvalue weighted by Crippen LogP contribution is -2.26. The van der Waals surface area contributed by atoms with E-state index in [0.29, 0.717) is 0 Å². The quantitative estimate of drug-likeness (QED) is 0.629. The maximum atomic E-state index is 11.0. The molecule has 2 atom stereocenters. The van der Waals surface area contributed by atoms with E-state index in [1.165, 1.54) is 6.92 Å². The first-order chi connectivity index (χ1) is 6.97. The minimum absolute atomic E-state index is 0.00558. The van der Waals surface area contributed by atoms with E-state index in [4.69, 9.17) is 11.2 Å². The highest BCUT2D eigenvalue weighted by Gasteiger charge is 2.18. The third-order valence-electron chi connectivity index (χ3n) is 1.40. The van der Waals surface area contributed by atoms with E-state index in [9.17, 15) is 9.59 Å². The molecule has 0 spiro atoms. The van der Waals surface area contributed by atoms with E-state index < -0.39 is 24.6 Å². The van der Waals surface area contributed by atoms with E-state index in [-0.39, 0.29) is 19.4 Å². The van der Waals surface area contributed by atoms with Crippen LogP contribution in [0.3, 0.4) is 0 Å². The number of ether oxygens (including phenoxy) is 2. The molecule has 0 aliphatic carbocycles. The Kier molecular flexibility index (Phi) is 5.74. The number of hydrogen-bond donors (Lipinski definition) is 1. The Balaban J connectivity index is 3.80. The van der Waals surface area contributed by atoms with Gasteiger partial charge in [-0.25, -0.2) is 4.79 Å². The van der Waals surface area contributed by atoms with Crippen molar-refractivity contribution in [1.29, 1.82) is 0 Å². The summed E-state index contributed by atoms with van der Waals surface area (Å²) in [5.41, 5.74) is 0. The summed E-state index contributed by atoms with van der Waals surface area (Å²) in [6.45, 7) is 2.00. The average Bonchev–Trinajstić information content (AvgIpc) is 2.15. The molecule has 0 aromatic heterocycles. The predicted octanol–water partition coefficient (Wildman–Crippen LogP) is 0.254. The molecule has 1 unspecified atom stereocenters. The molecular weight excluding hydrogens is 188 g/mol. The van der Waals surface area contributed by atoms with Crippen molar-refractivity contribution in [3.05, 3.63) is 0 Å². The van der Waals surface area contributed by atoms with Crippen LogP contribution in [0.15, 0.2) is 0 Å². The molecular formula is C9H16O5. The van der Waals surface area contributed by atoms with Crippen molar-refractivity contribution in [3.63, 3.8) is 0 Å². The fraction of sp³-hybridized carbons (Fsp3) is 0.778. The van der Waals surface area contributed by atoms with Gasteiger partial charge >= 0.3 is 11.9 Å². The molecule has 0 saturated carbocycles. The number of aliphatic hydroxyl groups excluding tert-OH is 1. The molecule has 0 radical (unpaired) electrons. The second kappa shape index (κ2) is 7.32. The Bertz CT molecular complexity index is 217. The molecule has 0 rings (SSSR count). The second-order valence-corrected chi connectivity index (χ2v) is 2.61. The first-order valence-corrected chi connectivity index (χ1v) is 4.43. The van der Waals surface area contributed by atoms with Crippen LogP contribution < -0.4 is 0 Å². The van der Waals surface area contributed by atoms with Crippen molar-refractivity contribution in [2.24, 2.45) is 0 Å². The van der Waals surface area contributed by atoms with Gasteiger partial charge < -0.3 is 14.6 Å². The van der Waals surface area contributed by atoms with E-state index in [2.05, 4.69) is 4.74 Å².